The van der Waals surface area contributed by atoms with E-state index < -0.39 is 6.04 Å². The van der Waals surface area contributed by atoms with E-state index in [-0.39, 0.29) is 18.4 Å². The minimum atomic E-state index is -0.615. The lowest BCUT2D eigenvalue weighted by Gasteiger charge is -2.22. The van der Waals surface area contributed by atoms with Crippen molar-refractivity contribution in [1.82, 2.24) is 10.2 Å². The monoisotopic (exact) mass is 390 g/mol. The normalized spacial score (nSPS) is 17.1. The highest BCUT2D eigenvalue weighted by Crippen LogP contribution is 2.27. The SMILES string of the molecule is CNC(=O)[C@@H]1C/C(=N/OC)CN1C(=O)c1ccc(-c2cccc(C#N)c2C)cc1. The molecule has 0 aromatic heterocycles. The van der Waals surface area contributed by atoms with E-state index in [1.54, 1.807) is 25.2 Å². The van der Waals surface area contributed by atoms with Crippen LogP contribution in [0.2, 0.25) is 0 Å². The van der Waals surface area contributed by atoms with E-state index in [4.69, 9.17) is 4.84 Å². The van der Waals surface area contributed by atoms with Crippen LogP contribution in [0.1, 0.15) is 27.9 Å². The molecule has 0 aliphatic carbocycles. The lowest BCUT2D eigenvalue weighted by Crippen LogP contribution is -2.44. The number of carbonyl (C=O) groups is 2. The molecule has 1 aliphatic heterocycles. The zero-order valence-corrected chi connectivity index (χ0v) is 16.6. The first kappa shape index (κ1) is 20.1. The first-order valence-electron chi connectivity index (χ1n) is 9.21. The predicted octanol–water partition coefficient (Wildman–Crippen LogP) is 2.50. The number of oxime groups is 1. The molecule has 1 aliphatic rings. The molecule has 1 fully saturated rings. The summed E-state index contributed by atoms with van der Waals surface area (Å²) < 4.78 is 0. The van der Waals surface area contributed by atoms with E-state index in [0.29, 0.717) is 23.3 Å². The van der Waals surface area contributed by atoms with Crippen molar-refractivity contribution in [2.24, 2.45) is 5.16 Å². The summed E-state index contributed by atoms with van der Waals surface area (Å²) in [6.45, 7) is 2.15. The van der Waals surface area contributed by atoms with Gasteiger partial charge in [0, 0.05) is 19.0 Å². The molecule has 0 radical (unpaired) electrons. The molecule has 0 bridgehead atoms. The average molecular weight is 390 g/mol. The maximum absolute atomic E-state index is 13.0. The van der Waals surface area contributed by atoms with Gasteiger partial charge in [-0.25, -0.2) is 0 Å². The Balaban J connectivity index is 1.88. The Labute approximate surface area is 169 Å². The molecule has 0 spiro atoms. The van der Waals surface area contributed by atoms with Gasteiger partial charge in [0.25, 0.3) is 5.91 Å². The Morgan fingerprint density at radius 1 is 1.24 bits per heavy atom. The average Bonchev–Trinajstić information content (AvgIpc) is 3.17. The minimum Gasteiger partial charge on any atom is -0.399 e. The number of rotatable bonds is 4. The quantitative estimate of drug-likeness (QED) is 0.812. The molecule has 1 heterocycles. The second kappa shape index (κ2) is 8.57. The molecule has 7 nitrogen and oxygen atoms in total. The van der Waals surface area contributed by atoms with Gasteiger partial charge in [-0.2, -0.15) is 5.26 Å². The molecule has 29 heavy (non-hydrogen) atoms. The largest absolute Gasteiger partial charge is 0.399 e. The number of nitrogens with one attached hydrogen (secondary N) is 1. The van der Waals surface area contributed by atoms with Gasteiger partial charge in [0.1, 0.15) is 13.2 Å². The highest BCUT2D eigenvalue weighted by atomic mass is 16.6. The van der Waals surface area contributed by atoms with Crippen molar-refractivity contribution in [3.05, 3.63) is 59.2 Å². The predicted molar refractivity (Wildman–Crippen MR) is 109 cm³/mol. The lowest BCUT2D eigenvalue weighted by molar-refractivity contribution is -0.124. The van der Waals surface area contributed by atoms with Crippen LogP contribution < -0.4 is 5.32 Å². The number of carbonyl (C=O) groups excluding carboxylic acids is 2. The van der Waals surface area contributed by atoms with Gasteiger partial charge in [-0.1, -0.05) is 29.4 Å². The van der Waals surface area contributed by atoms with Gasteiger partial charge in [-0.15, -0.1) is 0 Å². The van der Waals surface area contributed by atoms with Crippen molar-refractivity contribution < 1.29 is 14.4 Å². The van der Waals surface area contributed by atoms with E-state index in [1.807, 2.05) is 31.2 Å². The van der Waals surface area contributed by atoms with Crippen molar-refractivity contribution in [3.8, 4) is 17.2 Å². The summed E-state index contributed by atoms with van der Waals surface area (Å²) in [6.07, 6.45) is 0.345. The van der Waals surface area contributed by atoms with Crippen LogP contribution in [0.15, 0.2) is 47.6 Å². The Morgan fingerprint density at radius 2 is 1.97 bits per heavy atom. The third-order valence-electron chi connectivity index (χ3n) is 5.09. The zero-order chi connectivity index (χ0) is 21.0. The van der Waals surface area contributed by atoms with Crippen molar-refractivity contribution in [3.63, 3.8) is 0 Å². The second-order valence-corrected chi connectivity index (χ2v) is 6.77. The molecule has 148 valence electrons. The van der Waals surface area contributed by atoms with E-state index in [0.717, 1.165) is 16.7 Å². The molecule has 1 N–H and O–H groups in total. The summed E-state index contributed by atoms with van der Waals surface area (Å²) in [5.41, 5.74) is 4.52. The number of likely N-dealkylation sites (tertiary alicyclic amines) is 1. The number of hydrogen-bond donors (Lipinski definition) is 1. The van der Waals surface area contributed by atoms with E-state index in [1.165, 1.54) is 12.0 Å². The number of likely N-dealkylation sites (N-methyl/N-ethyl adjacent to an activating group) is 1. The molecular formula is C22H22N4O3. The number of benzene rings is 2. The molecule has 7 heteroatoms. The van der Waals surface area contributed by atoms with E-state index >= 15 is 0 Å². The Kier molecular flexibility index (Phi) is 5.93. The fraction of sp³-hybridized carbons (Fsp3) is 0.273. The minimum absolute atomic E-state index is 0.236. The molecular weight excluding hydrogens is 368 g/mol. The van der Waals surface area contributed by atoms with Gasteiger partial charge in [0.2, 0.25) is 5.91 Å². The summed E-state index contributed by atoms with van der Waals surface area (Å²) in [7, 11) is 2.98. The van der Waals surface area contributed by atoms with Crippen molar-refractivity contribution in [2.45, 2.75) is 19.4 Å². The van der Waals surface area contributed by atoms with Gasteiger partial charge < -0.3 is 15.1 Å². The fourth-order valence-electron chi connectivity index (χ4n) is 3.54. The van der Waals surface area contributed by atoms with E-state index in [9.17, 15) is 14.9 Å². The standard InChI is InChI=1S/C22H22N4O3/c1-14-17(12-23)5-4-6-19(14)15-7-9-16(10-8-15)22(28)26-13-18(25-29-3)11-20(26)21(27)24-2/h4-10,20H,11,13H2,1-3H3,(H,24,27)/b25-18-/t20-/m0/s1. The third-order valence-corrected chi connectivity index (χ3v) is 5.09. The summed E-state index contributed by atoms with van der Waals surface area (Å²) in [5.74, 6) is -0.478. The zero-order valence-electron chi connectivity index (χ0n) is 16.6. The Bertz CT molecular complexity index is 1010. The maximum atomic E-state index is 13.0. The topological polar surface area (TPSA) is 94.8 Å². The number of amides is 2. The summed E-state index contributed by atoms with van der Waals surface area (Å²) in [5, 5.41) is 15.7. The smallest absolute Gasteiger partial charge is 0.254 e. The molecule has 0 saturated carbocycles. The molecule has 3 rings (SSSR count). The van der Waals surface area contributed by atoms with Crippen LogP contribution in [0.25, 0.3) is 11.1 Å². The number of nitriles is 1. The van der Waals surface area contributed by atoms with Crippen molar-refractivity contribution >= 4 is 17.5 Å². The van der Waals surface area contributed by atoms with Gasteiger partial charge in [0.15, 0.2) is 0 Å². The lowest BCUT2D eigenvalue weighted by atomic mass is 9.96. The molecule has 2 amide bonds. The van der Waals surface area contributed by atoms with Crippen LogP contribution in [0, 0.1) is 18.3 Å². The number of hydrogen-bond acceptors (Lipinski definition) is 5. The maximum Gasteiger partial charge on any atom is 0.254 e. The molecule has 0 unspecified atom stereocenters. The van der Waals surface area contributed by atoms with Crippen molar-refractivity contribution in [2.75, 3.05) is 20.7 Å². The summed E-state index contributed by atoms with van der Waals surface area (Å²) in [4.78, 5) is 31.6. The van der Waals surface area contributed by atoms with Crippen molar-refractivity contribution in [1.29, 1.82) is 5.26 Å². The Morgan fingerprint density at radius 3 is 2.59 bits per heavy atom. The van der Waals surface area contributed by atoms with Gasteiger partial charge in [0.05, 0.1) is 23.9 Å². The van der Waals surface area contributed by atoms with E-state index in [2.05, 4.69) is 16.5 Å². The van der Waals surface area contributed by atoms with Crippen LogP contribution in [0.4, 0.5) is 0 Å². The van der Waals surface area contributed by atoms with Gasteiger partial charge in [-0.05, 0) is 41.8 Å². The van der Waals surface area contributed by atoms with Crippen LogP contribution in [-0.2, 0) is 9.63 Å². The molecule has 2 aromatic rings. The Hall–Kier alpha value is -3.66. The summed E-state index contributed by atoms with van der Waals surface area (Å²) >= 11 is 0. The first-order chi connectivity index (χ1) is 14.0. The van der Waals surface area contributed by atoms with Crippen LogP contribution in [0.3, 0.4) is 0 Å². The van der Waals surface area contributed by atoms with Crippen LogP contribution >= 0.6 is 0 Å². The summed E-state index contributed by atoms with van der Waals surface area (Å²) in [6, 6.07) is 14.3. The number of nitrogens with zero attached hydrogens (tertiary/aromatic N) is 3. The van der Waals surface area contributed by atoms with Gasteiger partial charge >= 0.3 is 0 Å². The highest BCUT2D eigenvalue weighted by Gasteiger charge is 2.38. The highest BCUT2D eigenvalue weighted by molar-refractivity contribution is 6.05. The first-order valence-corrected chi connectivity index (χ1v) is 9.21. The third kappa shape index (κ3) is 3.97. The molecule has 1 atom stereocenters. The second-order valence-electron chi connectivity index (χ2n) is 6.77. The van der Waals surface area contributed by atoms with Gasteiger partial charge in [-0.3, -0.25) is 9.59 Å². The molecule has 1 saturated heterocycles. The van der Waals surface area contributed by atoms with Crippen LogP contribution in [0.5, 0.6) is 0 Å². The fourth-order valence-corrected chi connectivity index (χ4v) is 3.54. The molecule has 2 aromatic carbocycles. The van der Waals surface area contributed by atoms with Crippen LogP contribution in [-0.4, -0.2) is 49.2 Å².